The average Bonchev–Trinajstić information content (AvgIpc) is 2.16. The Morgan fingerprint density at radius 1 is 1.17 bits per heavy atom. The molecule has 0 saturated heterocycles. The molecule has 1 N–H and O–H groups in total. The van der Waals surface area contributed by atoms with E-state index in [0.717, 1.165) is 11.4 Å². The number of rotatable bonds is 3. The fourth-order valence-electron chi connectivity index (χ4n) is 0.895. The van der Waals surface area contributed by atoms with Crippen LogP contribution in [0.3, 0.4) is 0 Å². The highest BCUT2D eigenvalue weighted by Gasteiger charge is 2.02. The molecule has 0 saturated carbocycles. The summed E-state index contributed by atoms with van der Waals surface area (Å²) in [5.41, 5.74) is 0.924. The van der Waals surface area contributed by atoms with Gasteiger partial charge in [-0.3, -0.25) is 0 Å². The molecular formula is C8H10BrNO2. The van der Waals surface area contributed by atoms with Crippen molar-refractivity contribution in [2.24, 2.45) is 0 Å². The van der Waals surface area contributed by atoms with Gasteiger partial charge in [-0.2, -0.15) is 0 Å². The van der Waals surface area contributed by atoms with E-state index in [9.17, 15) is 0 Å². The number of nitrogens with one attached hydrogen (secondary N) is 1. The Balaban J connectivity index is 3.02. The Morgan fingerprint density at radius 3 is 2.33 bits per heavy atom. The number of methoxy groups -OCH3 is 2. The molecule has 4 heteroatoms. The zero-order valence-corrected chi connectivity index (χ0v) is 8.51. The summed E-state index contributed by atoms with van der Waals surface area (Å²) < 4.78 is 13.0. The van der Waals surface area contributed by atoms with Crippen LogP contribution >= 0.6 is 16.1 Å². The maximum atomic E-state index is 5.09. The predicted octanol–water partition coefficient (Wildman–Crippen LogP) is 2.43. The minimum atomic E-state index is 0.710. The van der Waals surface area contributed by atoms with Gasteiger partial charge in [-0.25, -0.2) is 0 Å². The molecule has 0 unspecified atom stereocenters. The van der Waals surface area contributed by atoms with E-state index in [4.69, 9.17) is 9.47 Å². The molecule has 1 rings (SSSR count). The van der Waals surface area contributed by atoms with Crippen LogP contribution in [-0.2, 0) is 0 Å². The summed E-state index contributed by atoms with van der Waals surface area (Å²) in [5, 5.41) is 0. The lowest BCUT2D eigenvalue weighted by atomic mass is 10.3. The van der Waals surface area contributed by atoms with Crippen molar-refractivity contribution < 1.29 is 9.47 Å². The first-order chi connectivity index (χ1) is 5.81. The van der Waals surface area contributed by atoms with Gasteiger partial charge in [-0.15, -0.1) is 0 Å². The molecule has 0 bridgehead atoms. The number of anilines is 1. The normalized spacial score (nSPS) is 9.25. The quantitative estimate of drug-likeness (QED) is 0.812. The topological polar surface area (TPSA) is 30.5 Å². The summed E-state index contributed by atoms with van der Waals surface area (Å²) in [6.07, 6.45) is 0. The molecule has 0 aliphatic carbocycles. The average molecular weight is 232 g/mol. The summed E-state index contributed by atoms with van der Waals surface area (Å²) in [7, 11) is 3.22. The van der Waals surface area contributed by atoms with Crippen LogP contribution in [0.25, 0.3) is 0 Å². The summed E-state index contributed by atoms with van der Waals surface area (Å²) in [5.74, 6) is 1.44. The van der Waals surface area contributed by atoms with Gasteiger partial charge in [-0.05, 0) is 12.1 Å². The fourth-order valence-corrected chi connectivity index (χ4v) is 1.14. The van der Waals surface area contributed by atoms with Gasteiger partial charge in [0.15, 0.2) is 11.5 Å². The van der Waals surface area contributed by atoms with Gasteiger partial charge < -0.3 is 13.8 Å². The Hall–Kier alpha value is -0.900. The van der Waals surface area contributed by atoms with E-state index < -0.39 is 0 Å². The second-order valence-corrected chi connectivity index (χ2v) is 2.56. The molecule has 1 aromatic rings. The van der Waals surface area contributed by atoms with Gasteiger partial charge >= 0.3 is 0 Å². The molecule has 0 atom stereocenters. The first-order valence-electron chi connectivity index (χ1n) is 3.40. The van der Waals surface area contributed by atoms with Crippen molar-refractivity contribution in [3.8, 4) is 11.5 Å². The maximum Gasteiger partial charge on any atom is 0.162 e. The molecule has 0 aliphatic rings. The molecule has 1 aromatic carbocycles. The predicted molar refractivity (Wildman–Crippen MR) is 52.1 cm³/mol. The van der Waals surface area contributed by atoms with Gasteiger partial charge in [0.1, 0.15) is 0 Å². The molecule has 66 valence electrons. The van der Waals surface area contributed by atoms with Crippen molar-refractivity contribution in [1.29, 1.82) is 0 Å². The number of hydrogen-bond acceptors (Lipinski definition) is 3. The van der Waals surface area contributed by atoms with Crippen LogP contribution in [-0.4, -0.2) is 14.2 Å². The molecule has 3 nitrogen and oxygen atoms in total. The number of hydrogen-bond donors (Lipinski definition) is 1. The van der Waals surface area contributed by atoms with Gasteiger partial charge in [-0.1, -0.05) is 0 Å². The van der Waals surface area contributed by atoms with Gasteiger partial charge in [0.2, 0.25) is 0 Å². The highest BCUT2D eigenvalue weighted by molar-refractivity contribution is 9.10. The molecule has 0 spiro atoms. The first kappa shape index (κ1) is 9.19. The Kier molecular flexibility index (Phi) is 3.22. The summed E-state index contributed by atoms with van der Waals surface area (Å²) in [4.78, 5) is 0. The Morgan fingerprint density at radius 2 is 1.83 bits per heavy atom. The second kappa shape index (κ2) is 4.21. The lowest BCUT2D eigenvalue weighted by Gasteiger charge is -2.08. The summed E-state index contributed by atoms with van der Waals surface area (Å²) in [6, 6.07) is 5.56. The van der Waals surface area contributed by atoms with Crippen molar-refractivity contribution in [1.82, 2.24) is 0 Å². The summed E-state index contributed by atoms with van der Waals surface area (Å²) >= 11 is 3.12. The van der Waals surface area contributed by atoms with E-state index in [1.165, 1.54) is 0 Å². The van der Waals surface area contributed by atoms with Crippen LogP contribution in [0.5, 0.6) is 11.5 Å². The lowest BCUT2D eigenvalue weighted by molar-refractivity contribution is 0.355. The highest BCUT2D eigenvalue weighted by atomic mass is 79.9. The van der Waals surface area contributed by atoms with Crippen molar-refractivity contribution in [3.63, 3.8) is 0 Å². The molecule has 0 amide bonds. The van der Waals surface area contributed by atoms with Crippen LogP contribution < -0.4 is 13.8 Å². The standard InChI is InChI=1S/C8H10BrNO2/c1-11-7-4-3-6(10-9)5-8(7)12-2/h3-5,10H,1-2H3. The third kappa shape index (κ3) is 1.82. The van der Waals surface area contributed by atoms with E-state index in [1.54, 1.807) is 14.2 Å². The fraction of sp³-hybridized carbons (Fsp3) is 0.250. The smallest absolute Gasteiger partial charge is 0.162 e. The highest BCUT2D eigenvalue weighted by Crippen LogP contribution is 2.29. The number of halogens is 1. The van der Waals surface area contributed by atoms with Crippen LogP contribution in [0.2, 0.25) is 0 Å². The van der Waals surface area contributed by atoms with Crippen LogP contribution in [0, 0.1) is 0 Å². The minimum Gasteiger partial charge on any atom is -0.493 e. The molecule has 0 aliphatic heterocycles. The minimum absolute atomic E-state index is 0.710. The van der Waals surface area contributed by atoms with E-state index in [0.29, 0.717) is 5.75 Å². The van der Waals surface area contributed by atoms with Crippen molar-refractivity contribution in [2.75, 3.05) is 18.6 Å². The van der Waals surface area contributed by atoms with Gasteiger partial charge in [0.05, 0.1) is 14.2 Å². The molecule has 0 aromatic heterocycles. The van der Waals surface area contributed by atoms with E-state index in [-0.39, 0.29) is 0 Å². The van der Waals surface area contributed by atoms with Crippen LogP contribution in [0.1, 0.15) is 0 Å². The van der Waals surface area contributed by atoms with E-state index >= 15 is 0 Å². The van der Waals surface area contributed by atoms with Crippen molar-refractivity contribution >= 4 is 21.8 Å². The van der Waals surface area contributed by atoms with Gasteiger partial charge in [0.25, 0.3) is 0 Å². The third-order valence-corrected chi connectivity index (χ3v) is 1.95. The number of ether oxygens (including phenoxy) is 2. The monoisotopic (exact) mass is 231 g/mol. The van der Waals surface area contributed by atoms with E-state index in [1.807, 2.05) is 18.2 Å². The second-order valence-electron chi connectivity index (χ2n) is 2.16. The zero-order chi connectivity index (χ0) is 8.97. The largest absolute Gasteiger partial charge is 0.493 e. The van der Waals surface area contributed by atoms with Gasteiger partial charge in [0, 0.05) is 27.9 Å². The molecule has 12 heavy (non-hydrogen) atoms. The van der Waals surface area contributed by atoms with Crippen LogP contribution in [0.4, 0.5) is 5.69 Å². The summed E-state index contributed by atoms with van der Waals surface area (Å²) in [6.45, 7) is 0. The van der Waals surface area contributed by atoms with E-state index in [2.05, 4.69) is 20.5 Å². The molecule has 0 radical (unpaired) electrons. The molecular weight excluding hydrogens is 222 g/mol. The number of benzene rings is 1. The first-order valence-corrected chi connectivity index (χ1v) is 4.19. The SMILES string of the molecule is COc1ccc(NBr)cc1OC. The van der Waals surface area contributed by atoms with Crippen LogP contribution in [0.15, 0.2) is 18.2 Å². The van der Waals surface area contributed by atoms with Crippen molar-refractivity contribution in [2.45, 2.75) is 0 Å². The van der Waals surface area contributed by atoms with Crippen molar-refractivity contribution in [3.05, 3.63) is 18.2 Å². The third-order valence-electron chi connectivity index (χ3n) is 1.49. The maximum absolute atomic E-state index is 5.09. The Bertz CT molecular complexity index is 265. The molecule has 0 heterocycles. The zero-order valence-electron chi connectivity index (χ0n) is 6.93. The lowest BCUT2D eigenvalue weighted by Crippen LogP contribution is -1.90. The Labute approximate surface area is 80.0 Å². The molecule has 0 fully saturated rings.